The molecule has 0 spiro atoms. The third-order valence-electron chi connectivity index (χ3n) is 14.9. The molecule has 0 atom stereocenters. The van der Waals surface area contributed by atoms with E-state index in [4.69, 9.17) is 13.8 Å². The van der Waals surface area contributed by atoms with Crippen molar-refractivity contribution >= 4 is 44.6 Å². The Morgan fingerprint density at radius 3 is 1.75 bits per heavy atom. The van der Waals surface area contributed by atoms with Crippen LogP contribution >= 0.6 is 0 Å². The van der Waals surface area contributed by atoms with E-state index in [-0.39, 0.29) is 48.3 Å². The van der Waals surface area contributed by atoms with Crippen molar-refractivity contribution in [3.05, 3.63) is 223 Å². The molecule has 392 valence electrons. The minimum atomic E-state index is -2.41. The van der Waals surface area contributed by atoms with Crippen LogP contribution in [0.25, 0.3) is 61.0 Å². The Morgan fingerprint density at radius 1 is 0.481 bits per heavy atom. The summed E-state index contributed by atoms with van der Waals surface area (Å²) in [6, 6.07) is 66.5. The van der Waals surface area contributed by atoms with Crippen molar-refractivity contribution in [3.8, 4) is 50.7 Å². The third-order valence-corrected chi connectivity index (χ3v) is 14.9. The van der Waals surface area contributed by atoms with Crippen LogP contribution in [0, 0.1) is 25.7 Å². The largest absolute Gasteiger partial charge is 0.509 e. The molecule has 0 fully saturated rings. The number of nitrogens with zero attached hydrogens (tertiary/aromatic N) is 4. The molecule has 1 aliphatic rings. The van der Waals surface area contributed by atoms with Crippen LogP contribution in [0.15, 0.2) is 176 Å². The van der Waals surface area contributed by atoms with Gasteiger partial charge in [0.05, 0.1) is 0 Å². The van der Waals surface area contributed by atoms with E-state index in [2.05, 4.69) is 221 Å². The van der Waals surface area contributed by atoms with Crippen LogP contribution in [-0.4, -0.2) is 9.55 Å². The molecule has 5 nitrogen and oxygen atoms in total. The summed E-state index contributed by atoms with van der Waals surface area (Å²) in [5.41, 5.74) is 16.5. The number of rotatable bonds is 8. The molecule has 6 heteroatoms. The standard InChI is InChI=1S/C71H69N4O.Pt/c1-46-37-66(72-44-61(46)47-31-33-50(34-32-47)68(2,3)4)75-62-28-15-14-25-59(62)60-36-35-56(43-65(60)75)76-55-24-19-23-54(42-55)73-45-74(64-30-17-16-29-63(64)73)67-57(48-21-18-22-51(38-48)69(5,6)7)26-20-27-58(67)49-39-52(70(8,9)10)41-53(40-49)71(11,12)13;/h14-41,44-45H,1-13H3;/q-3;/i1D3;. The number of para-hydroxylation sites is 4. The van der Waals surface area contributed by atoms with Gasteiger partial charge in [0.2, 0.25) is 0 Å². The average Bonchev–Trinajstić information content (AvgIpc) is 3.97. The number of hydrogen-bond acceptors (Lipinski definition) is 4. The molecule has 1 aliphatic heterocycles. The van der Waals surface area contributed by atoms with E-state index < -0.39 is 6.85 Å². The van der Waals surface area contributed by atoms with E-state index in [1.807, 2.05) is 59.2 Å². The van der Waals surface area contributed by atoms with E-state index >= 15 is 0 Å². The molecule has 77 heavy (non-hydrogen) atoms. The number of ether oxygens (including phenoxy) is 1. The molecule has 0 N–H and O–H groups in total. The van der Waals surface area contributed by atoms with Crippen LogP contribution in [0.4, 0.5) is 22.7 Å². The van der Waals surface area contributed by atoms with Crippen molar-refractivity contribution in [2.75, 3.05) is 9.80 Å². The Morgan fingerprint density at radius 2 is 1.08 bits per heavy atom. The Balaban J connectivity index is 0.00000720. The van der Waals surface area contributed by atoms with Crippen molar-refractivity contribution in [2.45, 2.75) is 112 Å². The van der Waals surface area contributed by atoms with Gasteiger partial charge in [-0.05, 0) is 103 Å². The number of anilines is 4. The predicted octanol–water partition coefficient (Wildman–Crippen LogP) is 19.5. The van der Waals surface area contributed by atoms with Crippen LogP contribution in [0.1, 0.15) is 115 Å². The molecule has 0 radical (unpaired) electrons. The summed E-state index contributed by atoms with van der Waals surface area (Å²) in [7, 11) is 0. The van der Waals surface area contributed by atoms with E-state index in [0.29, 0.717) is 28.4 Å². The van der Waals surface area contributed by atoms with Crippen LogP contribution in [-0.2, 0) is 42.7 Å². The summed E-state index contributed by atoms with van der Waals surface area (Å²) in [6.07, 6.45) is 1.69. The topological polar surface area (TPSA) is 33.5 Å². The summed E-state index contributed by atoms with van der Waals surface area (Å²) in [6.45, 7) is 26.9. The number of aryl methyl sites for hydroxylation is 1. The number of aromatic nitrogens is 2. The molecule has 11 rings (SSSR count). The molecule has 0 saturated heterocycles. The van der Waals surface area contributed by atoms with Crippen molar-refractivity contribution in [2.24, 2.45) is 0 Å². The number of pyridine rings is 1. The first kappa shape index (κ1) is 49.4. The summed E-state index contributed by atoms with van der Waals surface area (Å²) >= 11 is 0. The summed E-state index contributed by atoms with van der Waals surface area (Å²) in [5.74, 6) is 1.47. The van der Waals surface area contributed by atoms with E-state index in [0.717, 1.165) is 61.3 Å². The maximum atomic E-state index is 8.71. The van der Waals surface area contributed by atoms with Crippen LogP contribution in [0.3, 0.4) is 0 Å². The van der Waals surface area contributed by atoms with Gasteiger partial charge >= 0.3 is 0 Å². The molecule has 0 aliphatic carbocycles. The van der Waals surface area contributed by atoms with Gasteiger partial charge in [0.25, 0.3) is 0 Å². The summed E-state index contributed by atoms with van der Waals surface area (Å²) < 4.78 is 34.9. The van der Waals surface area contributed by atoms with Gasteiger partial charge in [0.15, 0.2) is 0 Å². The van der Waals surface area contributed by atoms with E-state index in [1.165, 1.54) is 27.8 Å². The molecule has 2 aromatic heterocycles. The maximum absolute atomic E-state index is 8.71. The normalized spacial score (nSPS) is 13.8. The van der Waals surface area contributed by atoms with Gasteiger partial charge in [0, 0.05) is 82.1 Å². The maximum Gasteiger partial charge on any atom is 0.135 e. The molecular weight excluding hydrogens is 1120 g/mol. The zero-order chi connectivity index (χ0) is 56.0. The second-order valence-corrected chi connectivity index (χ2v) is 24.5. The monoisotopic (exact) mass is 1190 g/mol. The third kappa shape index (κ3) is 10.3. The molecule has 8 aromatic carbocycles. The van der Waals surface area contributed by atoms with Gasteiger partial charge in [-0.2, -0.15) is 12.1 Å². The molecule has 3 heterocycles. The van der Waals surface area contributed by atoms with Crippen LogP contribution in [0.2, 0.25) is 0 Å². The van der Waals surface area contributed by atoms with Crippen molar-refractivity contribution < 1.29 is 29.9 Å². The van der Waals surface area contributed by atoms with E-state index in [1.54, 1.807) is 12.3 Å². The molecule has 0 unspecified atom stereocenters. The zero-order valence-electron chi connectivity index (χ0n) is 49.3. The second kappa shape index (κ2) is 20.0. The minimum Gasteiger partial charge on any atom is -0.509 e. The Labute approximate surface area is 476 Å². The van der Waals surface area contributed by atoms with Crippen molar-refractivity contribution in [3.63, 3.8) is 0 Å². The van der Waals surface area contributed by atoms with Gasteiger partial charge in [-0.1, -0.05) is 204 Å². The van der Waals surface area contributed by atoms with Crippen LogP contribution in [0.5, 0.6) is 11.5 Å². The molecule has 0 saturated carbocycles. The molecular formula is C71H69N4OPt-3. The van der Waals surface area contributed by atoms with Gasteiger partial charge in [-0.25, -0.2) is 4.98 Å². The fraction of sp³-hybridized carbons (Fsp3) is 0.239. The van der Waals surface area contributed by atoms with Gasteiger partial charge in [-0.3, -0.25) is 0 Å². The second-order valence-electron chi connectivity index (χ2n) is 24.5. The minimum absolute atomic E-state index is 0. The smallest absolute Gasteiger partial charge is 0.135 e. The molecule has 10 aromatic rings. The zero-order valence-corrected chi connectivity index (χ0v) is 48.6. The Bertz CT molecular complexity index is 3930. The Hall–Kier alpha value is -7.20. The van der Waals surface area contributed by atoms with E-state index in [9.17, 15) is 0 Å². The first-order valence-corrected chi connectivity index (χ1v) is 26.5. The summed E-state index contributed by atoms with van der Waals surface area (Å²) in [4.78, 5) is 9.53. The van der Waals surface area contributed by atoms with Gasteiger partial charge < -0.3 is 19.1 Å². The van der Waals surface area contributed by atoms with Crippen molar-refractivity contribution in [1.29, 1.82) is 0 Å². The van der Waals surface area contributed by atoms with Crippen LogP contribution < -0.4 is 14.5 Å². The van der Waals surface area contributed by atoms with Gasteiger partial charge in [0.1, 0.15) is 5.82 Å². The average molecular weight is 1190 g/mol. The quantitative estimate of drug-likeness (QED) is 0.142. The van der Waals surface area contributed by atoms with Gasteiger partial charge in [-0.15, -0.1) is 48.1 Å². The number of fused-ring (bicyclic) bond motifs is 4. The first-order chi connectivity index (χ1) is 37.3. The molecule has 0 amide bonds. The fourth-order valence-electron chi connectivity index (χ4n) is 10.4. The SMILES string of the molecule is [2H]C([2H])([2H])c1cc(-n2c3[c-]c(Oc4[c-]c(N5[CH-]N(c6c(-c7cccc(C(C)(C)C)c7)cccc6-c6cc(C(C)(C)C)cc(C(C)(C)C)c6)c6ccccc65)ccc4)ccc3c3ccccc32)ncc1-c1ccc(C(C)(C)C)cc1.[Pt]. The van der Waals surface area contributed by atoms with Crippen molar-refractivity contribution in [1.82, 2.24) is 9.55 Å². The Kier molecular flexibility index (Phi) is 12.8. The number of hydrogen-bond donors (Lipinski definition) is 0. The molecule has 0 bridgehead atoms. The number of benzene rings is 8. The first-order valence-electron chi connectivity index (χ1n) is 28.0. The summed E-state index contributed by atoms with van der Waals surface area (Å²) in [5, 5.41) is 1.93. The fourth-order valence-corrected chi connectivity index (χ4v) is 10.4. The predicted molar refractivity (Wildman–Crippen MR) is 320 cm³/mol.